The normalized spacial score (nSPS) is 21.4. The van der Waals surface area contributed by atoms with E-state index in [0.29, 0.717) is 5.56 Å². The van der Waals surface area contributed by atoms with Crippen LogP contribution in [0.4, 0.5) is 8.78 Å². The Labute approximate surface area is 125 Å². The van der Waals surface area contributed by atoms with Crippen molar-refractivity contribution in [2.24, 2.45) is 0 Å². The van der Waals surface area contributed by atoms with Gasteiger partial charge in [0.25, 0.3) is 5.91 Å². The van der Waals surface area contributed by atoms with Gasteiger partial charge in [0.2, 0.25) is 0 Å². The number of benzene rings is 1. The summed E-state index contributed by atoms with van der Waals surface area (Å²) in [5, 5.41) is 16.5. The lowest BCUT2D eigenvalue weighted by Gasteiger charge is -2.24. The SMILES string of the molecule is Cc1cc(C(=O)N2C[C@@H](O)C[C@H]2c2ccc(F)c(F)c2)n[nH]1. The van der Waals surface area contributed by atoms with E-state index in [4.69, 9.17) is 0 Å². The molecule has 1 saturated heterocycles. The van der Waals surface area contributed by atoms with Gasteiger partial charge in [-0.05, 0) is 37.1 Å². The van der Waals surface area contributed by atoms with Gasteiger partial charge in [-0.3, -0.25) is 9.89 Å². The zero-order chi connectivity index (χ0) is 15.9. The maximum atomic E-state index is 13.4. The molecule has 0 aliphatic carbocycles. The number of carbonyl (C=O) groups is 1. The highest BCUT2D eigenvalue weighted by molar-refractivity contribution is 5.93. The van der Waals surface area contributed by atoms with E-state index in [1.54, 1.807) is 13.0 Å². The van der Waals surface area contributed by atoms with Crippen LogP contribution in [0.3, 0.4) is 0 Å². The molecule has 2 aromatic rings. The van der Waals surface area contributed by atoms with Crippen molar-refractivity contribution in [2.45, 2.75) is 25.5 Å². The quantitative estimate of drug-likeness (QED) is 0.891. The fourth-order valence-electron chi connectivity index (χ4n) is 2.75. The Kier molecular flexibility index (Phi) is 3.66. The Bertz CT molecular complexity index is 717. The lowest BCUT2D eigenvalue weighted by Crippen LogP contribution is -2.32. The number of halogens is 2. The summed E-state index contributed by atoms with van der Waals surface area (Å²) in [6.45, 7) is 1.91. The van der Waals surface area contributed by atoms with Crippen LogP contribution in [0.2, 0.25) is 0 Å². The van der Waals surface area contributed by atoms with E-state index in [-0.39, 0.29) is 24.6 Å². The van der Waals surface area contributed by atoms with E-state index in [1.807, 2.05) is 0 Å². The number of aromatic nitrogens is 2. The molecule has 1 aromatic carbocycles. The maximum Gasteiger partial charge on any atom is 0.274 e. The summed E-state index contributed by atoms with van der Waals surface area (Å²) in [7, 11) is 0. The monoisotopic (exact) mass is 307 g/mol. The molecule has 0 spiro atoms. The first kappa shape index (κ1) is 14.6. The number of β-amino-alcohol motifs (C(OH)–C–C–N with tert-alkyl or cyclic N) is 1. The number of amides is 1. The molecule has 2 heterocycles. The first-order valence-electron chi connectivity index (χ1n) is 6.91. The van der Waals surface area contributed by atoms with Crippen LogP contribution in [0.15, 0.2) is 24.3 Å². The van der Waals surface area contributed by atoms with Crippen molar-refractivity contribution < 1.29 is 18.7 Å². The molecule has 0 unspecified atom stereocenters. The lowest BCUT2D eigenvalue weighted by atomic mass is 10.0. The second kappa shape index (κ2) is 5.49. The highest BCUT2D eigenvalue weighted by atomic mass is 19.2. The molecule has 1 aliphatic heterocycles. The van der Waals surface area contributed by atoms with Crippen LogP contribution >= 0.6 is 0 Å². The minimum Gasteiger partial charge on any atom is -0.391 e. The minimum atomic E-state index is -0.970. The summed E-state index contributed by atoms with van der Waals surface area (Å²) in [4.78, 5) is 13.9. The lowest BCUT2D eigenvalue weighted by molar-refractivity contribution is 0.0709. The Morgan fingerprint density at radius 1 is 1.36 bits per heavy atom. The fourth-order valence-corrected chi connectivity index (χ4v) is 2.75. The number of carbonyl (C=O) groups excluding carboxylic acids is 1. The van der Waals surface area contributed by atoms with Crippen molar-refractivity contribution in [3.05, 3.63) is 52.9 Å². The van der Waals surface area contributed by atoms with Gasteiger partial charge in [0.1, 0.15) is 5.69 Å². The van der Waals surface area contributed by atoms with E-state index in [1.165, 1.54) is 11.0 Å². The average molecular weight is 307 g/mol. The van der Waals surface area contributed by atoms with E-state index in [2.05, 4.69) is 10.2 Å². The molecule has 0 radical (unpaired) electrons. The Morgan fingerprint density at radius 2 is 2.14 bits per heavy atom. The van der Waals surface area contributed by atoms with E-state index < -0.39 is 23.8 Å². The Hall–Kier alpha value is -2.28. The standard InChI is InChI=1S/C15H15F2N3O2/c1-8-4-13(19-18-8)15(22)20-7-10(21)6-14(20)9-2-3-11(16)12(17)5-9/h2-5,10,14,21H,6-7H2,1H3,(H,18,19)/t10-,14-/m0/s1. The number of likely N-dealkylation sites (tertiary alicyclic amines) is 1. The molecule has 1 aliphatic rings. The van der Waals surface area contributed by atoms with Crippen molar-refractivity contribution in [2.75, 3.05) is 6.54 Å². The molecule has 5 nitrogen and oxygen atoms in total. The summed E-state index contributed by atoms with van der Waals surface area (Å²) < 4.78 is 26.5. The van der Waals surface area contributed by atoms with Gasteiger partial charge in [-0.2, -0.15) is 5.10 Å². The molecule has 1 fully saturated rings. The predicted octanol–water partition coefficient (Wildman–Crippen LogP) is 1.94. The highest BCUT2D eigenvalue weighted by Gasteiger charge is 2.36. The summed E-state index contributed by atoms with van der Waals surface area (Å²) in [5.41, 5.74) is 1.43. The van der Waals surface area contributed by atoms with Gasteiger partial charge in [-0.1, -0.05) is 6.07 Å². The van der Waals surface area contributed by atoms with Crippen molar-refractivity contribution in [1.29, 1.82) is 0 Å². The highest BCUT2D eigenvalue weighted by Crippen LogP contribution is 2.33. The molecule has 1 aromatic heterocycles. The summed E-state index contributed by atoms with van der Waals surface area (Å²) in [6.07, 6.45) is -0.428. The number of rotatable bonds is 2. The summed E-state index contributed by atoms with van der Waals surface area (Å²) in [5.74, 6) is -2.26. The van der Waals surface area contributed by atoms with Crippen LogP contribution in [0.25, 0.3) is 0 Å². The van der Waals surface area contributed by atoms with Gasteiger partial charge in [-0.25, -0.2) is 8.78 Å². The predicted molar refractivity (Wildman–Crippen MR) is 74.1 cm³/mol. The molecule has 0 bridgehead atoms. The number of aliphatic hydroxyl groups excluding tert-OH is 1. The van der Waals surface area contributed by atoms with Crippen LogP contribution < -0.4 is 0 Å². The zero-order valence-electron chi connectivity index (χ0n) is 11.9. The molecule has 116 valence electrons. The van der Waals surface area contributed by atoms with E-state index >= 15 is 0 Å². The van der Waals surface area contributed by atoms with E-state index in [0.717, 1.165) is 17.8 Å². The smallest absolute Gasteiger partial charge is 0.274 e. The van der Waals surface area contributed by atoms with Crippen molar-refractivity contribution >= 4 is 5.91 Å². The van der Waals surface area contributed by atoms with Crippen LogP contribution in [0.1, 0.15) is 34.2 Å². The van der Waals surface area contributed by atoms with Crippen molar-refractivity contribution in [1.82, 2.24) is 15.1 Å². The topological polar surface area (TPSA) is 69.2 Å². The largest absolute Gasteiger partial charge is 0.391 e. The minimum absolute atomic E-state index is 0.133. The molecule has 0 saturated carbocycles. The van der Waals surface area contributed by atoms with Gasteiger partial charge in [-0.15, -0.1) is 0 Å². The molecular weight excluding hydrogens is 292 g/mol. The van der Waals surface area contributed by atoms with Gasteiger partial charge in [0.15, 0.2) is 11.6 Å². The number of hydrogen-bond acceptors (Lipinski definition) is 3. The average Bonchev–Trinajstić information content (AvgIpc) is 3.07. The first-order chi connectivity index (χ1) is 10.5. The third kappa shape index (κ3) is 2.59. The Morgan fingerprint density at radius 3 is 2.77 bits per heavy atom. The first-order valence-corrected chi connectivity index (χ1v) is 6.91. The van der Waals surface area contributed by atoms with E-state index in [9.17, 15) is 18.7 Å². The summed E-state index contributed by atoms with van der Waals surface area (Å²) >= 11 is 0. The molecule has 1 amide bonds. The summed E-state index contributed by atoms with van der Waals surface area (Å²) in [6, 6.07) is 4.62. The van der Waals surface area contributed by atoms with Crippen molar-refractivity contribution in [3.8, 4) is 0 Å². The Balaban J connectivity index is 1.91. The van der Waals surface area contributed by atoms with Crippen LogP contribution in [0, 0.1) is 18.6 Å². The molecule has 7 heteroatoms. The van der Waals surface area contributed by atoms with Crippen LogP contribution in [-0.4, -0.2) is 38.8 Å². The third-order valence-electron chi connectivity index (χ3n) is 3.79. The number of nitrogens with one attached hydrogen (secondary N) is 1. The number of aliphatic hydroxyl groups is 1. The molecule has 3 rings (SSSR count). The van der Waals surface area contributed by atoms with Crippen LogP contribution in [0.5, 0.6) is 0 Å². The van der Waals surface area contributed by atoms with Gasteiger partial charge in [0, 0.05) is 12.2 Å². The number of H-pyrrole nitrogens is 1. The molecule has 2 atom stereocenters. The number of nitrogens with zero attached hydrogens (tertiary/aromatic N) is 2. The molecular formula is C15H15F2N3O2. The zero-order valence-corrected chi connectivity index (χ0v) is 11.9. The van der Waals surface area contributed by atoms with Gasteiger partial charge >= 0.3 is 0 Å². The second-order valence-corrected chi connectivity index (χ2v) is 5.47. The fraction of sp³-hybridized carbons (Fsp3) is 0.333. The van der Waals surface area contributed by atoms with Gasteiger partial charge < -0.3 is 10.0 Å². The molecule has 22 heavy (non-hydrogen) atoms. The van der Waals surface area contributed by atoms with Crippen LogP contribution in [-0.2, 0) is 0 Å². The third-order valence-corrected chi connectivity index (χ3v) is 3.79. The molecule has 2 N–H and O–H groups in total. The number of aromatic amines is 1. The van der Waals surface area contributed by atoms with Gasteiger partial charge in [0.05, 0.1) is 12.1 Å². The van der Waals surface area contributed by atoms with Crippen molar-refractivity contribution in [3.63, 3.8) is 0 Å². The number of aryl methyl sites for hydroxylation is 1. The second-order valence-electron chi connectivity index (χ2n) is 5.47. The maximum absolute atomic E-state index is 13.4. The number of hydrogen-bond donors (Lipinski definition) is 2.